The maximum Gasteiger partial charge on any atom is 0.306 e. The number of hydrogen-bond acceptors (Lipinski definition) is 4. The zero-order valence-corrected chi connectivity index (χ0v) is 24.2. The summed E-state index contributed by atoms with van der Waals surface area (Å²) in [5.74, 6) is 3.77. The molecule has 2 aliphatic heterocycles. The molecule has 0 radical (unpaired) electrons. The molecule has 0 unspecified atom stereocenters. The molecule has 3 saturated carbocycles. The number of carbonyl (C=O) groups excluding carboxylic acids is 1. The van der Waals surface area contributed by atoms with E-state index in [0.717, 1.165) is 62.9 Å². The predicted octanol–water partition coefficient (Wildman–Crippen LogP) is 7.85. The normalized spacial score (nSPS) is 50.6. The maximum atomic E-state index is 12.4. The molecule has 2 saturated heterocycles. The van der Waals surface area contributed by atoms with Crippen LogP contribution in [0.5, 0.6) is 0 Å². The lowest BCUT2D eigenvalue weighted by molar-refractivity contribution is -0.272. The van der Waals surface area contributed by atoms with E-state index in [4.69, 9.17) is 14.2 Å². The number of unbranched alkanes of at least 4 members (excludes halogenated alkanes) is 2. The van der Waals surface area contributed by atoms with Crippen LogP contribution in [0.25, 0.3) is 0 Å². The number of ether oxygens (including phenoxy) is 3. The lowest BCUT2D eigenvalue weighted by atomic mass is 9.47. The molecule has 37 heavy (non-hydrogen) atoms. The molecule has 0 aromatic carbocycles. The van der Waals surface area contributed by atoms with Gasteiger partial charge in [0.05, 0.1) is 12.7 Å². The van der Waals surface area contributed by atoms with Crippen molar-refractivity contribution in [3.8, 4) is 0 Å². The second-order valence-electron chi connectivity index (χ2n) is 14.6. The summed E-state index contributed by atoms with van der Waals surface area (Å²) >= 11 is 0. The summed E-state index contributed by atoms with van der Waals surface area (Å²) < 4.78 is 19.4. The summed E-state index contributed by atoms with van der Waals surface area (Å²) in [5.41, 5.74) is 2.25. The van der Waals surface area contributed by atoms with Crippen LogP contribution in [0.15, 0.2) is 11.6 Å². The molecule has 4 heteroatoms. The van der Waals surface area contributed by atoms with Crippen LogP contribution in [-0.4, -0.2) is 30.6 Å². The van der Waals surface area contributed by atoms with Crippen molar-refractivity contribution in [1.82, 2.24) is 0 Å². The molecule has 6 rings (SSSR count). The first-order chi connectivity index (χ1) is 17.7. The lowest BCUT2D eigenvalue weighted by Gasteiger charge is -2.58. The highest BCUT2D eigenvalue weighted by Gasteiger charge is 2.68. The number of rotatable bonds is 5. The van der Waals surface area contributed by atoms with Gasteiger partial charge in [-0.15, -0.1) is 0 Å². The van der Waals surface area contributed by atoms with Gasteiger partial charge in [0, 0.05) is 25.2 Å². The molecule has 6 aliphatic rings. The van der Waals surface area contributed by atoms with E-state index in [1.165, 1.54) is 38.5 Å². The highest BCUT2D eigenvalue weighted by Crippen LogP contribution is 2.70. The van der Waals surface area contributed by atoms with Gasteiger partial charge >= 0.3 is 5.97 Å². The quantitative estimate of drug-likeness (QED) is 0.214. The molecule has 0 amide bonds. The van der Waals surface area contributed by atoms with E-state index in [1.807, 2.05) is 0 Å². The number of allylic oxidation sites excluding steroid dienone is 1. The van der Waals surface area contributed by atoms with E-state index >= 15 is 0 Å². The standard InChI is InChI=1S/C33H52O4/c1-6-7-8-9-29(34)36-24-13-15-31(4)23(18-24)10-11-25-26(31)14-16-32(5)27(25)19-28-30(32)22(3)33(37-28)17-12-21(2)20-35-33/h10,21-22,24-28,30H,6-9,11-20H2,1-5H3/t21-,22+,24+,25+,26+,27+,28+,30-,31+,32+,33-/m1/s1. The summed E-state index contributed by atoms with van der Waals surface area (Å²) in [6, 6.07) is 0. The topological polar surface area (TPSA) is 44.8 Å². The average Bonchev–Trinajstić information content (AvgIpc) is 3.31. The van der Waals surface area contributed by atoms with Crippen LogP contribution >= 0.6 is 0 Å². The molecule has 0 bridgehead atoms. The molecule has 4 nitrogen and oxygen atoms in total. The van der Waals surface area contributed by atoms with Gasteiger partial charge in [0.25, 0.3) is 0 Å². The lowest BCUT2D eigenvalue weighted by Crippen LogP contribution is -2.52. The van der Waals surface area contributed by atoms with Crippen LogP contribution in [0.1, 0.15) is 118 Å². The number of fused-ring (bicyclic) bond motifs is 7. The summed E-state index contributed by atoms with van der Waals surface area (Å²) in [7, 11) is 0. The fourth-order valence-electron chi connectivity index (χ4n) is 10.5. The minimum atomic E-state index is -0.315. The van der Waals surface area contributed by atoms with Gasteiger partial charge in [-0.25, -0.2) is 0 Å². The predicted molar refractivity (Wildman–Crippen MR) is 146 cm³/mol. The molecule has 208 valence electrons. The van der Waals surface area contributed by atoms with Gasteiger partial charge < -0.3 is 14.2 Å². The zero-order valence-electron chi connectivity index (χ0n) is 24.2. The SMILES string of the molecule is CCCCCC(=O)O[C@H]1CC[C@@]2(C)C(=CC[C@@H]3[C@@H]4C[C@@H]5O[C@]6(CC[C@@H](C)CO6)[C@@H](C)[C@H]5[C@@]4(C)CC[C@@H]32)C1. The molecular weight excluding hydrogens is 460 g/mol. The molecule has 4 aliphatic carbocycles. The van der Waals surface area contributed by atoms with Gasteiger partial charge in [-0.3, -0.25) is 4.79 Å². The Hall–Kier alpha value is -0.870. The van der Waals surface area contributed by atoms with Crippen molar-refractivity contribution in [2.75, 3.05) is 6.61 Å². The van der Waals surface area contributed by atoms with Crippen molar-refractivity contribution in [2.45, 2.75) is 136 Å². The molecule has 1 spiro atoms. The third-order valence-corrected chi connectivity index (χ3v) is 12.6. The van der Waals surface area contributed by atoms with E-state index in [1.54, 1.807) is 5.57 Å². The Morgan fingerprint density at radius 1 is 1.08 bits per heavy atom. The Labute approximate surface area is 225 Å². The van der Waals surface area contributed by atoms with Crippen molar-refractivity contribution in [1.29, 1.82) is 0 Å². The minimum absolute atomic E-state index is 0.0190. The van der Waals surface area contributed by atoms with Crippen LogP contribution in [0.4, 0.5) is 0 Å². The number of hydrogen-bond donors (Lipinski definition) is 0. The fourth-order valence-corrected chi connectivity index (χ4v) is 10.5. The van der Waals surface area contributed by atoms with Crippen molar-refractivity contribution < 1.29 is 19.0 Å². The van der Waals surface area contributed by atoms with Crippen molar-refractivity contribution >= 4 is 5.97 Å². The van der Waals surface area contributed by atoms with Gasteiger partial charge in [-0.05, 0) is 91.8 Å². The van der Waals surface area contributed by atoms with Crippen LogP contribution < -0.4 is 0 Å². The minimum Gasteiger partial charge on any atom is -0.462 e. The third kappa shape index (κ3) is 4.17. The van der Waals surface area contributed by atoms with E-state index in [9.17, 15) is 4.79 Å². The molecular formula is C33H52O4. The van der Waals surface area contributed by atoms with Crippen LogP contribution in [0.3, 0.4) is 0 Å². The van der Waals surface area contributed by atoms with Crippen molar-refractivity contribution in [3.63, 3.8) is 0 Å². The van der Waals surface area contributed by atoms with Gasteiger partial charge in [-0.1, -0.05) is 59.1 Å². The van der Waals surface area contributed by atoms with Crippen LogP contribution in [0, 0.1) is 46.3 Å². The first-order valence-electron chi connectivity index (χ1n) is 15.9. The van der Waals surface area contributed by atoms with Crippen LogP contribution in [-0.2, 0) is 19.0 Å². The Morgan fingerprint density at radius 2 is 1.92 bits per heavy atom. The van der Waals surface area contributed by atoms with Gasteiger partial charge in [0.15, 0.2) is 5.79 Å². The Bertz CT molecular complexity index is 902. The fraction of sp³-hybridized carbons (Fsp3) is 0.909. The second kappa shape index (κ2) is 9.65. The Kier molecular flexibility index (Phi) is 6.87. The van der Waals surface area contributed by atoms with E-state index < -0.39 is 0 Å². The highest BCUT2D eigenvalue weighted by atomic mass is 16.7. The molecule has 11 atom stereocenters. The maximum absolute atomic E-state index is 12.4. The zero-order chi connectivity index (χ0) is 26.0. The molecule has 0 aromatic rings. The largest absolute Gasteiger partial charge is 0.462 e. The summed E-state index contributed by atoms with van der Waals surface area (Å²) in [4.78, 5) is 12.4. The van der Waals surface area contributed by atoms with Gasteiger partial charge in [0.1, 0.15) is 6.10 Å². The summed E-state index contributed by atoms with van der Waals surface area (Å²) in [6.45, 7) is 13.0. The number of carbonyl (C=O) groups is 1. The monoisotopic (exact) mass is 512 g/mol. The summed E-state index contributed by atoms with van der Waals surface area (Å²) in [6.07, 6.45) is 17.4. The van der Waals surface area contributed by atoms with E-state index in [2.05, 4.69) is 40.7 Å². The van der Waals surface area contributed by atoms with Crippen molar-refractivity contribution in [2.24, 2.45) is 46.3 Å². The van der Waals surface area contributed by atoms with Crippen LogP contribution in [0.2, 0.25) is 0 Å². The Morgan fingerprint density at radius 3 is 2.68 bits per heavy atom. The van der Waals surface area contributed by atoms with Gasteiger partial charge in [-0.2, -0.15) is 0 Å². The van der Waals surface area contributed by atoms with Crippen molar-refractivity contribution in [3.05, 3.63) is 11.6 Å². The third-order valence-electron chi connectivity index (χ3n) is 12.6. The summed E-state index contributed by atoms with van der Waals surface area (Å²) in [5, 5.41) is 0. The van der Waals surface area contributed by atoms with E-state index in [-0.39, 0.29) is 23.3 Å². The average molecular weight is 513 g/mol. The molecule has 2 heterocycles. The molecule has 0 aromatic heterocycles. The van der Waals surface area contributed by atoms with E-state index in [0.29, 0.717) is 35.7 Å². The smallest absolute Gasteiger partial charge is 0.306 e. The second-order valence-corrected chi connectivity index (χ2v) is 14.6. The molecule has 0 N–H and O–H groups in total. The Balaban J connectivity index is 1.15. The first kappa shape index (κ1) is 26.4. The first-order valence-corrected chi connectivity index (χ1v) is 15.9. The molecule has 5 fully saturated rings. The van der Waals surface area contributed by atoms with Gasteiger partial charge in [0.2, 0.25) is 0 Å². The number of esters is 1. The highest BCUT2D eigenvalue weighted by molar-refractivity contribution is 5.69.